The van der Waals surface area contributed by atoms with E-state index in [0.717, 1.165) is 6.07 Å². The number of carbonyl (C=O) groups is 2. The zero-order valence-electron chi connectivity index (χ0n) is 25.5. The first-order valence-electron chi connectivity index (χ1n) is 14.7. The lowest BCUT2D eigenvalue weighted by Gasteiger charge is -2.17. The molecule has 0 bridgehead atoms. The zero-order valence-corrected chi connectivity index (χ0v) is 25.5. The fourth-order valence-corrected chi connectivity index (χ4v) is 5.29. The molecule has 0 saturated carbocycles. The number of hydrogen-bond acceptors (Lipinski definition) is 5. The van der Waals surface area contributed by atoms with Gasteiger partial charge in [-0.3, -0.25) is 9.59 Å². The molecule has 248 valence electrons. The third kappa shape index (κ3) is 9.30. The van der Waals surface area contributed by atoms with E-state index in [1.165, 1.54) is 30.3 Å². The number of amides is 1. The van der Waals surface area contributed by atoms with Crippen LogP contribution < -0.4 is 10.1 Å². The van der Waals surface area contributed by atoms with Gasteiger partial charge < -0.3 is 29.9 Å². The summed E-state index contributed by atoms with van der Waals surface area (Å²) in [7, 11) is 0. The molecule has 8 nitrogen and oxygen atoms in total. The van der Waals surface area contributed by atoms with E-state index in [-0.39, 0.29) is 24.7 Å². The highest BCUT2D eigenvalue weighted by Gasteiger charge is 2.32. The number of aliphatic carboxylic acids is 1. The Labute approximate surface area is 268 Å². The monoisotopic (exact) mass is 654 g/mol. The molecule has 2 atom stereocenters. The van der Waals surface area contributed by atoms with Gasteiger partial charge in [0.05, 0.1) is 18.6 Å². The van der Waals surface area contributed by atoms with Crippen LogP contribution in [0.3, 0.4) is 0 Å². The van der Waals surface area contributed by atoms with Gasteiger partial charge in [0.15, 0.2) is 0 Å². The zero-order chi connectivity index (χ0) is 34.3. The summed E-state index contributed by atoms with van der Waals surface area (Å²) in [5.74, 6) is -2.69. The van der Waals surface area contributed by atoms with Crippen LogP contribution >= 0.6 is 0 Å². The van der Waals surface area contributed by atoms with Crippen molar-refractivity contribution in [3.63, 3.8) is 0 Å². The number of aliphatic hydroxyl groups is 2. The maximum atomic E-state index is 14.1. The number of nitrogens with zero attached hydrogens (tertiary/aromatic N) is 1. The molecule has 0 aliphatic carbocycles. The molecular weight excluding hydrogens is 620 g/mol. The summed E-state index contributed by atoms with van der Waals surface area (Å²) in [6.45, 7) is 3.54. The summed E-state index contributed by atoms with van der Waals surface area (Å²) >= 11 is 0. The van der Waals surface area contributed by atoms with E-state index in [1.807, 2.05) is 13.8 Å². The minimum Gasteiger partial charge on any atom is -0.481 e. The second kappa shape index (κ2) is 15.1. The highest BCUT2D eigenvalue weighted by Crippen LogP contribution is 2.42. The molecule has 0 unspecified atom stereocenters. The van der Waals surface area contributed by atoms with E-state index in [1.54, 1.807) is 59.2 Å². The van der Waals surface area contributed by atoms with Crippen LogP contribution in [0.25, 0.3) is 28.3 Å². The van der Waals surface area contributed by atoms with E-state index in [2.05, 4.69) is 10.1 Å². The SMILES string of the molecule is CC(C)n1c(/C=C/[C@@H](O)C[C@@H](O)CC(=O)O)c(-c2ccc(F)cc2)c(-c2ccccc2)c1C(=O)NCc1cccc(OC(F)(F)F)c1. The molecule has 0 aliphatic heterocycles. The predicted octanol–water partition coefficient (Wildman–Crippen LogP) is 6.97. The van der Waals surface area contributed by atoms with Crippen LogP contribution in [0.5, 0.6) is 5.75 Å². The van der Waals surface area contributed by atoms with Gasteiger partial charge >= 0.3 is 12.3 Å². The van der Waals surface area contributed by atoms with Crippen molar-refractivity contribution in [3.8, 4) is 28.0 Å². The Morgan fingerprint density at radius 1 is 0.936 bits per heavy atom. The van der Waals surface area contributed by atoms with Gasteiger partial charge in [0.25, 0.3) is 5.91 Å². The number of benzene rings is 3. The number of alkyl halides is 3. The highest BCUT2D eigenvalue weighted by atomic mass is 19.4. The van der Waals surface area contributed by atoms with Gasteiger partial charge in [-0.2, -0.15) is 0 Å². The van der Waals surface area contributed by atoms with Crippen LogP contribution in [0.2, 0.25) is 0 Å². The Morgan fingerprint density at radius 3 is 2.21 bits per heavy atom. The Balaban J connectivity index is 1.86. The molecule has 4 N–H and O–H groups in total. The minimum absolute atomic E-state index is 0.136. The molecule has 0 aliphatic rings. The fraction of sp³-hybridized carbons (Fsp3) is 0.257. The van der Waals surface area contributed by atoms with Gasteiger partial charge in [-0.05, 0) is 60.9 Å². The van der Waals surface area contributed by atoms with Crippen molar-refractivity contribution >= 4 is 18.0 Å². The third-order valence-corrected chi connectivity index (χ3v) is 7.16. The summed E-state index contributed by atoms with van der Waals surface area (Å²) in [6, 6.07) is 19.5. The van der Waals surface area contributed by atoms with Crippen LogP contribution in [0.1, 0.15) is 54.5 Å². The van der Waals surface area contributed by atoms with Crippen LogP contribution in [0.15, 0.2) is 84.9 Å². The lowest BCUT2D eigenvalue weighted by molar-refractivity contribution is -0.274. The van der Waals surface area contributed by atoms with Crippen molar-refractivity contribution in [1.82, 2.24) is 9.88 Å². The van der Waals surface area contributed by atoms with Gasteiger partial charge in [0.1, 0.15) is 17.3 Å². The standard InChI is InChI=1S/C35H34F4N2O6/c1-21(2)41-29(16-15-26(42)18-27(43)19-30(44)45)31(24-11-13-25(36)14-12-24)32(23-8-4-3-5-9-23)33(41)34(46)40-20-22-7-6-10-28(17-22)47-35(37,38)39/h3-17,21,26-27,42-43H,18-20H2,1-2H3,(H,40,46)(H,44,45)/b16-15+/t26-,27-/m1/s1. The van der Waals surface area contributed by atoms with Crippen molar-refractivity contribution < 1.29 is 47.2 Å². The number of carbonyl (C=O) groups excluding carboxylic acids is 1. The summed E-state index contributed by atoms with van der Waals surface area (Å²) < 4.78 is 58.2. The Bertz CT molecular complexity index is 1720. The maximum absolute atomic E-state index is 14.1. The molecule has 3 aromatic carbocycles. The topological polar surface area (TPSA) is 121 Å². The first-order chi connectivity index (χ1) is 22.2. The number of nitrogens with one attached hydrogen (secondary N) is 1. The third-order valence-electron chi connectivity index (χ3n) is 7.16. The van der Waals surface area contributed by atoms with E-state index in [9.17, 15) is 37.4 Å². The molecule has 1 amide bonds. The van der Waals surface area contributed by atoms with Gasteiger partial charge in [0, 0.05) is 35.8 Å². The van der Waals surface area contributed by atoms with Crippen molar-refractivity contribution in [2.24, 2.45) is 0 Å². The summed E-state index contributed by atoms with van der Waals surface area (Å²) in [4.78, 5) is 25.1. The van der Waals surface area contributed by atoms with Gasteiger partial charge in [-0.25, -0.2) is 4.39 Å². The molecule has 47 heavy (non-hydrogen) atoms. The van der Waals surface area contributed by atoms with Crippen LogP contribution in [0.4, 0.5) is 17.6 Å². The second-order valence-electron chi connectivity index (χ2n) is 11.1. The number of hydrogen-bond donors (Lipinski definition) is 4. The maximum Gasteiger partial charge on any atom is 0.573 e. The molecule has 0 spiro atoms. The second-order valence-corrected chi connectivity index (χ2v) is 11.1. The van der Waals surface area contributed by atoms with Crippen LogP contribution in [0, 0.1) is 5.82 Å². The summed E-state index contributed by atoms with van der Waals surface area (Å²) in [5, 5.41) is 32.5. The molecule has 1 heterocycles. The highest BCUT2D eigenvalue weighted by molar-refractivity contribution is 6.06. The molecule has 0 fully saturated rings. The lowest BCUT2D eigenvalue weighted by atomic mass is 9.94. The summed E-state index contributed by atoms with van der Waals surface area (Å²) in [6.07, 6.45) is -5.29. The van der Waals surface area contributed by atoms with Gasteiger partial charge in [-0.1, -0.05) is 60.7 Å². The number of rotatable bonds is 13. The average molecular weight is 655 g/mol. The number of carboxylic acids is 1. The van der Waals surface area contributed by atoms with Crippen LogP contribution in [-0.2, 0) is 11.3 Å². The van der Waals surface area contributed by atoms with E-state index in [0.29, 0.717) is 33.5 Å². The number of aromatic nitrogens is 1. The van der Waals surface area contributed by atoms with Gasteiger partial charge in [0.2, 0.25) is 0 Å². The molecule has 12 heteroatoms. The minimum atomic E-state index is -4.88. The molecule has 4 rings (SSSR count). The average Bonchev–Trinajstić information content (AvgIpc) is 3.34. The molecule has 0 saturated heterocycles. The lowest BCUT2D eigenvalue weighted by Crippen LogP contribution is -2.27. The fourth-order valence-electron chi connectivity index (χ4n) is 5.29. The number of halogens is 4. The Kier molecular flexibility index (Phi) is 11.2. The first kappa shape index (κ1) is 34.9. The number of carboxylic acid groups (broad SMARTS) is 1. The van der Waals surface area contributed by atoms with E-state index < -0.39 is 48.4 Å². The predicted molar refractivity (Wildman–Crippen MR) is 168 cm³/mol. The summed E-state index contributed by atoms with van der Waals surface area (Å²) in [5.41, 5.74) is 3.23. The Morgan fingerprint density at radius 2 is 1.60 bits per heavy atom. The van der Waals surface area contributed by atoms with Crippen molar-refractivity contribution in [1.29, 1.82) is 0 Å². The van der Waals surface area contributed by atoms with Crippen LogP contribution in [-0.4, -0.2) is 50.3 Å². The largest absolute Gasteiger partial charge is 0.573 e. The van der Waals surface area contributed by atoms with E-state index >= 15 is 0 Å². The first-order valence-corrected chi connectivity index (χ1v) is 14.7. The smallest absolute Gasteiger partial charge is 0.481 e. The molecule has 4 aromatic rings. The Hall–Kier alpha value is -4.94. The van der Waals surface area contributed by atoms with Crippen molar-refractivity contribution in [2.45, 2.75) is 57.8 Å². The van der Waals surface area contributed by atoms with Crippen molar-refractivity contribution in [2.75, 3.05) is 0 Å². The normalized spacial score (nSPS) is 13.1. The molecular formula is C35H34F4N2O6. The van der Waals surface area contributed by atoms with Crippen molar-refractivity contribution in [3.05, 3.63) is 108 Å². The van der Waals surface area contributed by atoms with Gasteiger partial charge in [-0.15, -0.1) is 13.2 Å². The number of ether oxygens (including phenoxy) is 1. The number of aliphatic hydroxyl groups excluding tert-OH is 2. The van der Waals surface area contributed by atoms with E-state index in [4.69, 9.17) is 5.11 Å². The molecule has 1 aromatic heterocycles. The molecule has 0 radical (unpaired) electrons. The quantitative estimate of drug-likeness (QED) is 0.116.